The molecule has 2 rings (SSSR count). The number of nitrogens with one attached hydrogen (secondary N) is 1. The third kappa shape index (κ3) is 3.06. The molecule has 9 heteroatoms. The van der Waals surface area contributed by atoms with Gasteiger partial charge in [-0.2, -0.15) is 5.10 Å². The van der Waals surface area contributed by atoms with E-state index in [1.807, 2.05) is 0 Å². The second kappa shape index (κ2) is 5.61. The number of halogens is 2. The maximum atomic E-state index is 12.3. The molecule has 0 saturated heterocycles. The van der Waals surface area contributed by atoms with E-state index in [1.165, 1.54) is 22.9 Å². The molecule has 2 aromatic rings. The topological polar surface area (TPSA) is 90.0 Å². The van der Waals surface area contributed by atoms with E-state index < -0.39 is 10.0 Å². The molecule has 0 spiro atoms. The van der Waals surface area contributed by atoms with Crippen LogP contribution in [-0.2, 0) is 23.6 Å². The Morgan fingerprint density at radius 3 is 2.65 bits per heavy atom. The summed E-state index contributed by atoms with van der Waals surface area (Å²) < 4.78 is 28.4. The predicted octanol–water partition coefficient (Wildman–Crippen LogP) is 1.99. The highest BCUT2D eigenvalue weighted by Crippen LogP contribution is 2.30. The molecule has 0 unspecified atom stereocenters. The molecular weight excluding hydrogens is 323 g/mol. The SMILES string of the molecule is Cn1ccc(NS(=O)(=O)c2cc(Cl)cc(CN)c2Cl)n1. The van der Waals surface area contributed by atoms with Crippen molar-refractivity contribution in [3.63, 3.8) is 0 Å². The molecule has 3 N–H and O–H groups in total. The number of aromatic nitrogens is 2. The fourth-order valence-electron chi connectivity index (χ4n) is 1.62. The van der Waals surface area contributed by atoms with E-state index in [-0.39, 0.29) is 27.3 Å². The van der Waals surface area contributed by atoms with Crippen LogP contribution in [0.2, 0.25) is 10.0 Å². The smallest absolute Gasteiger partial charge is 0.264 e. The van der Waals surface area contributed by atoms with Crippen LogP contribution in [0, 0.1) is 0 Å². The van der Waals surface area contributed by atoms with Crippen LogP contribution >= 0.6 is 23.2 Å². The molecule has 1 aromatic carbocycles. The molecule has 1 aromatic heterocycles. The minimum absolute atomic E-state index is 0.0559. The molecule has 0 aliphatic rings. The van der Waals surface area contributed by atoms with Gasteiger partial charge in [-0.05, 0) is 17.7 Å². The van der Waals surface area contributed by atoms with E-state index >= 15 is 0 Å². The predicted molar refractivity (Wildman–Crippen MR) is 78.4 cm³/mol. The summed E-state index contributed by atoms with van der Waals surface area (Å²) >= 11 is 11.9. The van der Waals surface area contributed by atoms with Crippen LogP contribution in [0.15, 0.2) is 29.3 Å². The quantitative estimate of drug-likeness (QED) is 0.894. The molecule has 0 saturated carbocycles. The first-order valence-corrected chi connectivity index (χ1v) is 7.78. The van der Waals surface area contributed by atoms with Crippen LogP contribution in [0.4, 0.5) is 5.82 Å². The number of benzene rings is 1. The summed E-state index contributed by atoms with van der Waals surface area (Å²) in [7, 11) is -2.21. The van der Waals surface area contributed by atoms with Crippen molar-refractivity contribution >= 4 is 39.0 Å². The highest BCUT2D eigenvalue weighted by molar-refractivity contribution is 7.92. The fraction of sp³-hybridized carbons (Fsp3) is 0.182. The summed E-state index contributed by atoms with van der Waals surface area (Å²) in [4.78, 5) is -0.127. The number of nitrogens with zero attached hydrogens (tertiary/aromatic N) is 2. The first-order valence-electron chi connectivity index (χ1n) is 5.54. The lowest BCUT2D eigenvalue weighted by atomic mass is 10.2. The monoisotopic (exact) mass is 334 g/mol. The Kier molecular flexibility index (Phi) is 4.24. The lowest BCUT2D eigenvalue weighted by Crippen LogP contribution is -2.15. The summed E-state index contributed by atoms with van der Waals surface area (Å²) in [6.07, 6.45) is 1.61. The van der Waals surface area contributed by atoms with Gasteiger partial charge in [-0.25, -0.2) is 8.42 Å². The highest BCUT2D eigenvalue weighted by atomic mass is 35.5. The standard InChI is InChI=1S/C11H12Cl2N4O2S/c1-17-3-2-10(15-17)16-20(18,19)9-5-8(12)4-7(6-14)11(9)13/h2-5H,6,14H2,1H3,(H,15,16). The summed E-state index contributed by atoms with van der Waals surface area (Å²) in [5.74, 6) is 0.192. The minimum Gasteiger partial charge on any atom is -0.326 e. The Balaban J connectivity index is 2.46. The Bertz CT molecular complexity index is 743. The fourth-order valence-corrected chi connectivity index (χ4v) is 3.56. The second-order valence-corrected chi connectivity index (χ2v) is 6.53. The van der Waals surface area contributed by atoms with E-state index in [0.29, 0.717) is 5.56 Å². The Hall–Kier alpha value is -1.28. The third-order valence-electron chi connectivity index (χ3n) is 2.54. The van der Waals surface area contributed by atoms with Gasteiger partial charge in [0.1, 0.15) is 4.90 Å². The summed E-state index contributed by atoms with van der Waals surface area (Å²) in [5.41, 5.74) is 5.97. The number of aryl methyl sites for hydroxylation is 1. The lowest BCUT2D eigenvalue weighted by molar-refractivity contribution is 0.600. The van der Waals surface area contributed by atoms with Crippen molar-refractivity contribution in [1.29, 1.82) is 0 Å². The minimum atomic E-state index is -3.88. The van der Waals surface area contributed by atoms with Crippen LogP contribution in [0.3, 0.4) is 0 Å². The van der Waals surface area contributed by atoms with Crippen molar-refractivity contribution < 1.29 is 8.42 Å². The van der Waals surface area contributed by atoms with E-state index in [1.54, 1.807) is 13.2 Å². The van der Waals surface area contributed by atoms with Crippen LogP contribution in [0.25, 0.3) is 0 Å². The summed E-state index contributed by atoms with van der Waals surface area (Å²) in [6.45, 7) is 0.0888. The maximum Gasteiger partial charge on any atom is 0.264 e. The molecule has 1 heterocycles. The maximum absolute atomic E-state index is 12.3. The van der Waals surface area contributed by atoms with E-state index in [4.69, 9.17) is 28.9 Å². The zero-order valence-corrected chi connectivity index (χ0v) is 12.8. The lowest BCUT2D eigenvalue weighted by Gasteiger charge is -2.11. The van der Waals surface area contributed by atoms with E-state index in [2.05, 4.69) is 9.82 Å². The van der Waals surface area contributed by atoms with Crippen molar-refractivity contribution in [3.05, 3.63) is 40.0 Å². The van der Waals surface area contributed by atoms with Gasteiger partial charge in [0.2, 0.25) is 0 Å². The average molecular weight is 335 g/mol. The number of rotatable bonds is 4. The molecule has 0 bridgehead atoms. The average Bonchev–Trinajstić information content (AvgIpc) is 2.76. The molecule has 0 aliphatic carbocycles. The van der Waals surface area contributed by atoms with Gasteiger partial charge < -0.3 is 5.73 Å². The van der Waals surface area contributed by atoms with Crippen molar-refractivity contribution in [1.82, 2.24) is 9.78 Å². The molecule has 0 amide bonds. The van der Waals surface area contributed by atoms with Crippen molar-refractivity contribution in [2.45, 2.75) is 11.4 Å². The van der Waals surface area contributed by atoms with Gasteiger partial charge in [-0.15, -0.1) is 0 Å². The molecular formula is C11H12Cl2N4O2S. The molecule has 108 valence electrons. The molecule has 20 heavy (non-hydrogen) atoms. The Morgan fingerprint density at radius 2 is 2.10 bits per heavy atom. The normalized spacial score (nSPS) is 11.6. The second-order valence-electron chi connectivity index (χ2n) is 4.06. The zero-order chi connectivity index (χ0) is 14.9. The first kappa shape index (κ1) is 15.1. The van der Waals surface area contributed by atoms with Crippen molar-refractivity contribution in [3.8, 4) is 0 Å². The van der Waals surface area contributed by atoms with Gasteiger partial charge in [-0.1, -0.05) is 23.2 Å². The molecule has 0 aliphatic heterocycles. The molecule has 0 atom stereocenters. The van der Waals surface area contributed by atoms with Gasteiger partial charge in [0.15, 0.2) is 5.82 Å². The van der Waals surface area contributed by atoms with Crippen LogP contribution < -0.4 is 10.5 Å². The third-order valence-corrected chi connectivity index (χ3v) is 4.70. The first-order chi connectivity index (χ1) is 9.33. The summed E-state index contributed by atoms with van der Waals surface area (Å²) in [5, 5.41) is 4.24. The largest absolute Gasteiger partial charge is 0.326 e. The molecule has 0 fully saturated rings. The van der Waals surface area contributed by atoms with Gasteiger partial charge >= 0.3 is 0 Å². The number of nitrogens with two attached hydrogens (primary N) is 1. The Morgan fingerprint density at radius 1 is 1.40 bits per heavy atom. The zero-order valence-electron chi connectivity index (χ0n) is 10.5. The van der Waals surface area contributed by atoms with Crippen molar-refractivity contribution in [2.75, 3.05) is 4.72 Å². The number of anilines is 1. The van der Waals surface area contributed by atoms with E-state index in [0.717, 1.165) is 0 Å². The van der Waals surface area contributed by atoms with Crippen LogP contribution in [-0.4, -0.2) is 18.2 Å². The Labute approximate surface area is 126 Å². The number of sulfonamides is 1. The van der Waals surface area contributed by atoms with Crippen molar-refractivity contribution in [2.24, 2.45) is 12.8 Å². The number of hydrogen-bond acceptors (Lipinski definition) is 4. The molecule has 6 nitrogen and oxygen atoms in total. The van der Waals surface area contributed by atoms with Gasteiger partial charge in [-0.3, -0.25) is 9.40 Å². The highest BCUT2D eigenvalue weighted by Gasteiger charge is 2.21. The number of hydrogen-bond donors (Lipinski definition) is 2. The van der Waals surface area contributed by atoms with Gasteiger partial charge in [0.05, 0.1) is 5.02 Å². The van der Waals surface area contributed by atoms with Crippen LogP contribution in [0.5, 0.6) is 0 Å². The van der Waals surface area contributed by atoms with E-state index in [9.17, 15) is 8.42 Å². The van der Waals surface area contributed by atoms with Gasteiger partial charge in [0, 0.05) is 30.9 Å². The van der Waals surface area contributed by atoms with Gasteiger partial charge in [0.25, 0.3) is 10.0 Å². The van der Waals surface area contributed by atoms with Crippen LogP contribution in [0.1, 0.15) is 5.56 Å². The summed E-state index contributed by atoms with van der Waals surface area (Å²) in [6, 6.07) is 4.33. The molecule has 0 radical (unpaired) electrons.